The highest BCUT2D eigenvalue weighted by Crippen LogP contribution is 2.33. The number of nitrogens with zero attached hydrogens (tertiary/aromatic N) is 1. The van der Waals surface area contributed by atoms with Crippen molar-refractivity contribution >= 4 is 21.7 Å². The Hall–Kier alpha value is -1.77. The van der Waals surface area contributed by atoms with Gasteiger partial charge in [0.2, 0.25) is 10.0 Å². The molecule has 0 saturated heterocycles. The maximum Gasteiger partial charge on any atom is 0.416 e. The molecule has 0 aliphatic heterocycles. The number of hydrogen-bond acceptors (Lipinski definition) is 3. The largest absolute Gasteiger partial charge is 0.480 e. The fourth-order valence-electron chi connectivity index (χ4n) is 1.68. The minimum atomic E-state index is -4.65. The van der Waals surface area contributed by atoms with Gasteiger partial charge >= 0.3 is 12.1 Å². The van der Waals surface area contributed by atoms with E-state index in [9.17, 15) is 26.4 Å². The van der Waals surface area contributed by atoms with E-state index in [1.807, 2.05) is 0 Å². The molecule has 0 spiro atoms. The van der Waals surface area contributed by atoms with Crippen molar-refractivity contribution < 1.29 is 31.5 Å². The highest BCUT2D eigenvalue weighted by Gasteiger charge is 2.34. The summed E-state index contributed by atoms with van der Waals surface area (Å²) in [5, 5.41) is 8.97. The van der Waals surface area contributed by atoms with Crippen LogP contribution in [0.25, 0.3) is 0 Å². The first kappa shape index (κ1) is 17.3. The van der Waals surface area contributed by atoms with Gasteiger partial charge in [0.15, 0.2) is 0 Å². The van der Waals surface area contributed by atoms with Crippen LogP contribution in [0.2, 0.25) is 0 Å². The van der Waals surface area contributed by atoms with Crippen LogP contribution in [0.3, 0.4) is 0 Å². The van der Waals surface area contributed by atoms with Crippen LogP contribution in [0.1, 0.15) is 19.4 Å². The molecule has 0 amide bonds. The van der Waals surface area contributed by atoms with Crippen molar-refractivity contribution in [3.8, 4) is 0 Å². The van der Waals surface area contributed by atoms with E-state index >= 15 is 0 Å². The number of carbonyl (C=O) groups is 1. The van der Waals surface area contributed by atoms with Crippen LogP contribution in [0.5, 0.6) is 0 Å². The number of hydrogen-bond donors (Lipinski definition) is 1. The predicted molar refractivity (Wildman–Crippen MR) is 70.5 cm³/mol. The Morgan fingerprint density at radius 1 is 1.38 bits per heavy atom. The summed E-state index contributed by atoms with van der Waals surface area (Å²) < 4.78 is 62.5. The lowest BCUT2D eigenvalue weighted by Gasteiger charge is -2.28. The van der Waals surface area contributed by atoms with Crippen molar-refractivity contribution in [2.45, 2.75) is 26.1 Å². The molecule has 1 aromatic rings. The first-order valence-corrected chi connectivity index (χ1v) is 7.53. The Balaban J connectivity index is 3.44. The van der Waals surface area contributed by atoms with Gasteiger partial charge < -0.3 is 5.11 Å². The molecule has 118 valence electrons. The third-order valence-corrected chi connectivity index (χ3v) is 4.66. The monoisotopic (exact) mass is 325 g/mol. The molecule has 0 aliphatic rings. The highest BCUT2D eigenvalue weighted by molar-refractivity contribution is 7.92. The number of rotatable bonds is 5. The number of alkyl halides is 3. The standard InChI is InChI=1S/C12H14F3NO4S/c1-3-21(19,20)16(8(2)11(17)18)10-6-4-5-9(7-10)12(13,14)15/h4-8H,3H2,1-2H3,(H,17,18). The second-order valence-corrected chi connectivity index (χ2v) is 6.39. The van der Waals surface area contributed by atoms with Crippen LogP contribution in [-0.4, -0.2) is 31.3 Å². The molecular formula is C12H14F3NO4S. The third kappa shape index (κ3) is 3.87. The van der Waals surface area contributed by atoms with Crippen LogP contribution >= 0.6 is 0 Å². The van der Waals surface area contributed by atoms with E-state index < -0.39 is 39.5 Å². The molecule has 0 radical (unpaired) electrons. The Labute approximate surface area is 120 Å². The van der Waals surface area contributed by atoms with Crippen LogP contribution in [0, 0.1) is 0 Å². The average Bonchev–Trinajstić information content (AvgIpc) is 2.38. The topological polar surface area (TPSA) is 74.7 Å². The van der Waals surface area contributed by atoms with E-state index in [0.29, 0.717) is 10.4 Å². The summed E-state index contributed by atoms with van der Waals surface area (Å²) in [4.78, 5) is 11.0. The van der Waals surface area contributed by atoms with E-state index in [0.717, 1.165) is 25.1 Å². The van der Waals surface area contributed by atoms with E-state index in [2.05, 4.69) is 0 Å². The average molecular weight is 325 g/mol. The lowest BCUT2D eigenvalue weighted by molar-refractivity contribution is -0.138. The molecule has 5 nitrogen and oxygen atoms in total. The molecule has 1 rings (SSSR count). The number of anilines is 1. The van der Waals surface area contributed by atoms with Gasteiger partial charge in [-0.25, -0.2) is 13.2 Å². The van der Waals surface area contributed by atoms with Crippen molar-refractivity contribution in [3.63, 3.8) is 0 Å². The number of halogens is 3. The molecular weight excluding hydrogens is 311 g/mol. The summed E-state index contributed by atoms with van der Waals surface area (Å²) in [5.41, 5.74) is -1.38. The molecule has 0 aliphatic carbocycles. The predicted octanol–water partition coefficient (Wildman–Crippen LogP) is 2.33. The number of benzene rings is 1. The molecule has 0 aromatic heterocycles. The molecule has 1 atom stereocenters. The molecule has 9 heteroatoms. The lowest BCUT2D eigenvalue weighted by Crippen LogP contribution is -2.44. The van der Waals surface area contributed by atoms with Gasteiger partial charge in [0.05, 0.1) is 17.0 Å². The van der Waals surface area contributed by atoms with Crippen LogP contribution < -0.4 is 4.31 Å². The summed E-state index contributed by atoms with van der Waals surface area (Å²) in [6.45, 7) is 2.38. The molecule has 0 heterocycles. The zero-order valence-corrected chi connectivity index (χ0v) is 12.1. The molecule has 21 heavy (non-hydrogen) atoms. The van der Waals surface area contributed by atoms with Gasteiger partial charge in [-0.3, -0.25) is 4.31 Å². The maximum atomic E-state index is 12.7. The van der Waals surface area contributed by atoms with Gasteiger partial charge in [-0.2, -0.15) is 13.2 Å². The maximum absolute atomic E-state index is 12.7. The van der Waals surface area contributed by atoms with Gasteiger partial charge in [0.25, 0.3) is 0 Å². The second-order valence-electron chi connectivity index (χ2n) is 4.26. The van der Waals surface area contributed by atoms with E-state index in [4.69, 9.17) is 5.11 Å². The quantitative estimate of drug-likeness (QED) is 0.901. The van der Waals surface area contributed by atoms with Crippen molar-refractivity contribution in [1.82, 2.24) is 0 Å². The van der Waals surface area contributed by atoms with Crippen LogP contribution in [0.15, 0.2) is 24.3 Å². The fourth-order valence-corrected chi connectivity index (χ4v) is 2.97. The Bertz CT molecular complexity index is 628. The SMILES string of the molecule is CCS(=O)(=O)N(c1cccc(C(F)(F)F)c1)C(C)C(=O)O. The van der Waals surface area contributed by atoms with E-state index in [-0.39, 0.29) is 5.69 Å². The first-order valence-electron chi connectivity index (χ1n) is 5.93. The van der Waals surface area contributed by atoms with Crippen molar-refractivity contribution in [1.29, 1.82) is 0 Å². The third-order valence-electron chi connectivity index (χ3n) is 2.80. The summed E-state index contributed by atoms with van der Waals surface area (Å²) in [7, 11) is -4.03. The van der Waals surface area contributed by atoms with Crippen molar-refractivity contribution in [2.24, 2.45) is 0 Å². The lowest BCUT2D eigenvalue weighted by atomic mass is 10.2. The molecule has 0 bridgehead atoms. The summed E-state index contributed by atoms with van der Waals surface area (Å²) >= 11 is 0. The van der Waals surface area contributed by atoms with Crippen LogP contribution in [0.4, 0.5) is 18.9 Å². The number of aliphatic carboxylic acids is 1. The summed E-state index contributed by atoms with van der Waals surface area (Å²) in [6, 6.07) is 2.05. The zero-order chi connectivity index (χ0) is 16.4. The first-order chi connectivity index (χ1) is 9.50. The molecule has 1 unspecified atom stereocenters. The van der Waals surface area contributed by atoms with Gasteiger partial charge in [0.1, 0.15) is 6.04 Å². The van der Waals surface area contributed by atoms with Gasteiger partial charge in [-0.05, 0) is 32.0 Å². The van der Waals surface area contributed by atoms with E-state index in [1.165, 1.54) is 6.92 Å². The van der Waals surface area contributed by atoms with Gasteiger partial charge in [-0.1, -0.05) is 6.07 Å². The smallest absolute Gasteiger partial charge is 0.416 e. The summed E-state index contributed by atoms with van der Waals surface area (Å²) in [6.07, 6.45) is -4.65. The molecule has 0 fully saturated rings. The fraction of sp³-hybridized carbons (Fsp3) is 0.417. The van der Waals surface area contributed by atoms with E-state index in [1.54, 1.807) is 0 Å². The summed E-state index contributed by atoms with van der Waals surface area (Å²) in [5.74, 6) is -1.88. The van der Waals surface area contributed by atoms with Crippen molar-refractivity contribution in [2.75, 3.05) is 10.1 Å². The molecule has 0 saturated carbocycles. The van der Waals surface area contributed by atoms with Crippen LogP contribution in [-0.2, 0) is 21.0 Å². The highest BCUT2D eigenvalue weighted by atomic mass is 32.2. The second kappa shape index (κ2) is 5.92. The van der Waals surface area contributed by atoms with Crippen molar-refractivity contribution in [3.05, 3.63) is 29.8 Å². The van der Waals surface area contributed by atoms with Gasteiger partial charge in [0, 0.05) is 0 Å². The number of sulfonamides is 1. The minimum Gasteiger partial charge on any atom is -0.480 e. The Kier molecular flexibility index (Phi) is 4.87. The number of carboxylic acid groups (broad SMARTS) is 1. The Morgan fingerprint density at radius 2 is 1.95 bits per heavy atom. The number of carboxylic acids is 1. The normalized spacial score (nSPS) is 13.8. The van der Waals surface area contributed by atoms with Gasteiger partial charge in [-0.15, -0.1) is 0 Å². The molecule has 1 N–H and O–H groups in total. The Morgan fingerprint density at radius 3 is 2.38 bits per heavy atom. The minimum absolute atomic E-state index is 0.332. The molecule has 1 aromatic carbocycles. The zero-order valence-electron chi connectivity index (χ0n) is 11.3.